The number of nitrogens with zero attached hydrogens (tertiary/aromatic N) is 2. The fraction of sp³-hybridized carbons (Fsp3) is 0.600. The summed E-state index contributed by atoms with van der Waals surface area (Å²) >= 11 is 1.84. The molecule has 5 heteroatoms. The molecule has 4 nitrogen and oxygen atoms in total. The van der Waals surface area contributed by atoms with Crippen molar-refractivity contribution in [3.63, 3.8) is 0 Å². The SMILES string of the molecule is CCNC(=NCC(C)(C)SC)NCCc1cccnc1. The van der Waals surface area contributed by atoms with Gasteiger partial charge in [-0.15, -0.1) is 0 Å². The van der Waals surface area contributed by atoms with Gasteiger partial charge in [0, 0.05) is 30.2 Å². The van der Waals surface area contributed by atoms with Crippen molar-refractivity contribution < 1.29 is 0 Å². The Morgan fingerprint density at radius 1 is 1.40 bits per heavy atom. The van der Waals surface area contributed by atoms with E-state index in [2.05, 4.69) is 53.7 Å². The zero-order chi connectivity index (χ0) is 14.8. The molecule has 0 amide bonds. The van der Waals surface area contributed by atoms with Crippen LogP contribution in [0.1, 0.15) is 26.3 Å². The molecule has 2 N–H and O–H groups in total. The van der Waals surface area contributed by atoms with E-state index in [-0.39, 0.29) is 4.75 Å². The summed E-state index contributed by atoms with van der Waals surface area (Å²) in [6.07, 6.45) is 6.78. The third-order valence-corrected chi connectivity index (χ3v) is 4.18. The number of aliphatic imine (C=N–C) groups is 1. The summed E-state index contributed by atoms with van der Waals surface area (Å²) < 4.78 is 0.172. The lowest BCUT2D eigenvalue weighted by Crippen LogP contribution is -2.39. The van der Waals surface area contributed by atoms with E-state index in [0.717, 1.165) is 32.0 Å². The minimum absolute atomic E-state index is 0.172. The topological polar surface area (TPSA) is 49.3 Å². The average molecular weight is 294 g/mol. The van der Waals surface area contributed by atoms with Crippen LogP contribution >= 0.6 is 11.8 Å². The largest absolute Gasteiger partial charge is 0.357 e. The van der Waals surface area contributed by atoms with Gasteiger partial charge < -0.3 is 10.6 Å². The lowest BCUT2D eigenvalue weighted by atomic mass is 10.2. The molecular weight excluding hydrogens is 268 g/mol. The molecule has 0 aliphatic heterocycles. The highest BCUT2D eigenvalue weighted by molar-refractivity contribution is 7.99. The maximum Gasteiger partial charge on any atom is 0.191 e. The number of rotatable bonds is 7. The van der Waals surface area contributed by atoms with Crippen LogP contribution in [0.15, 0.2) is 29.5 Å². The fourth-order valence-electron chi connectivity index (χ4n) is 1.55. The molecule has 0 aliphatic rings. The fourth-order valence-corrected chi connectivity index (χ4v) is 1.74. The van der Waals surface area contributed by atoms with Gasteiger partial charge in [0.25, 0.3) is 0 Å². The third kappa shape index (κ3) is 6.80. The molecule has 1 heterocycles. The molecule has 0 unspecified atom stereocenters. The molecule has 0 spiro atoms. The first-order chi connectivity index (χ1) is 9.57. The molecule has 1 aromatic rings. The Morgan fingerprint density at radius 2 is 2.20 bits per heavy atom. The zero-order valence-corrected chi connectivity index (χ0v) is 13.8. The Hall–Kier alpha value is -1.23. The van der Waals surface area contributed by atoms with E-state index >= 15 is 0 Å². The Labute approximate surface area is 126 Å². The Balaban J connectivity index is 2.44. The third-order valence-electron chi connectivity index (χ3n) is 2.94. The predicted octanol–water partition coefficient (Wildman–Crippen LogP) is 2.32. The quantitative estimate of drug-likeness (QED) is 0.598. The maximum absolute atomic E-state index is 4.65. The summed E-state index contributed by atoms with van der Waals surface area (Å²) in [6, 6.07) is 4.06. The monoisotopic (exact) mass is 294 g/mol. The predicted molar refractivity (Wildman–Crippen MR) is 89.5 cm³/mol. The van der Waals surface area contributed by atoms with E-state index in [1.165, 1.54) is 5.56 Å². The first-order valence-corrected chi connectivity index (χ1v) is 8.26. The van der Waals surface area contributed by atoms with Gasteiger partial charge in [0.1, 0.15) is 0 Å². The van der Waals surface area contributed by atoms with Gasteiger partial charge in [0.05, 0.1) is 6.54 Å². The molecule has 0 saturated carbocycles. The first-order valence-electron chi connectivity index (χ1n) is 7.03. The molecule has 0 radical (unpaired) electrons. The number of guanidine groups is 1. The summed E-state index contributed by atoms with van der Waals surface area (Å²) in [7, 11) is 0. The van der Waals surface area contributed by atoms with Gasteiger partial charge in [-0.05, 0) is 45.1 Å². The van der Waals surface area contributed by atoms with Crippen LogP contribution in [0.25, 0.3) is 0 Å². The second-order valence-electron chi connectivity index (χ2n) is 5.20. The van der Waals surface area contributed by atoms with E-state index < -0.39 is 0 Å². The van der Waals surface area contributed by atoms with Crippen molar-refractivity contribution in [2.45, 2.75) is 31.9 Å². The molecule has 20 heavy (non-hydrogen) atoms. The first kappa shape index (κ1) is 16.8. The van der Waals surface area contributed by atoms with Gasteiger partial charge in [-0.1, -0.05) is 6.07 Å². The van der Waals surface area contributed by atoms with Gasteiger partial charge in [-0.3, -0.25) is 9.98 Å². The van der Waals surface area contributed by atoms with Crippen LogP contribution in [0.4, 0.5) is 0 Å². The van der Waals surface area contributed by atoms with Crippen LogP contribution in [0.3, 0.4) is 0 Å². The van der Waals surface area contributed by atoms with Gasteiger partial charge in [0.15, 0.2) is 5.96 Å². The van der Waals surface area contributed by atoms with Crippen LogP contribution in [0, 0.1) is 0 Å². The number of hydrogen-bond acceptors (Lipinski definition) is 3. The number of pyridine rings is 1. The molecule has 0 aliphatic carbocycles. The molecule has 0 bridgehead atoms. The number of thioether (sulfide) groups is 1. The van der Waals surface area contributed by atoms with E-state index in [4.69, 9.17) is 0 Å². The van der Waals surface area contributed by atoms with Crippen LogP contribution in [0.5, 0.6) is 0 Å². The Bertz CT molecular complexity index is 404. The molecule has 1 aromatic heterocycles. The van der Waals surface area contributed by atoms with Crippen LogP contribution < -0.4 is 10.6 Å². The van der Waals surface area contributed by atoms with Gasteiger partial charge >= 0.3 is 0 Å². The Kier molecular flexibility index (Phi) is 7.44. The van der Waals surface area contributed by atoms with E-state index in [1.807, 2.05) is 24.0 Å². The standard InChI is InChI=1S/C15H26N4S/c1-5-17-14(19-12-15(2,3)20-4)18-10-8-13-7-6-9-16-11-13/h6-7,9,11H,5,8,10,12H2,1-4H3,(H2,17,18,19). The number of hydrogen-bond donors (Lipinski definition) is 2. The average Bonchev–Trinajstić information content (AvgIpc) is 2.46. The van der Waals surface area contributed by atoms with Crippen molar-refractivity contribution in [2.24, 2.45) is 4.99 Å². The van der Waals surface area contributed by atoms with Crippen LogP contribution in [0.2, 0.25) is 0 Å². The van der Waals surface area contributed by atoms with E-state index in [0.29, 0.717) is 0 Å². The molecule has 0 atom stereocenters. The van der Waals surface area contributed by atoms with Crippen molar-refractivity contribution >= 4 is 17.7 Å². The van der Waals surface area contributed by atoms with Crippen molar-refractivity contribution in [3.05, 3.63) is 30.1 Å². The highest BCUT2D eigenvalue weighted by Gasteiger charge is 2.15. The molecule has 0 aromatic carbocycles. The van der Waals surface area contributed by atoms with Crippen molar-refractivity contribution in [1.29, 1.82) is 0 Å². The Morgan fingerprint density at radius 3 is 2.80 bits per heavy atom. The number of nitrogens with one attached hydrogen (secondary N) is 2. The van der Waals surface area contributed by atoms with Crippen molar-refractivity contribution in [1.82, 2.24) is 15.6 Å². The maximum atomic E-state index is 4.65. The van der Waals surface area contributed by atoms with E-state index in [1.54, 1.807) is 6.20 Å². The molecular formula is C15H26N4S. The van der Waals surface area contributed by atoms with Crippen LogP contribution in [-0.4, -0.2) is 41.6 Å². The summed E-state index contributed by atoms with van der Waals surface area (Å²) in [5, 5.41) is 6.65. The normalized spacial score (nSPS) is 12.3. The summed E-state index contributed by atoms with van der Waals surface area (Å²) in [5.41, 5.74) is 1.24. The second kappa shape index (κ2) is 8.84. The summed E-state index contributed by atoms with van der Waals surface area (Å²) in [5.74, 6) is 0.888. The smallest absolute Gasteiger partial charge is 0.191 e. The minimum atomic E-state index is 0.172. The lowest BCUT2D eigenvalue weighted by molar-refractivity contribution is 0.710. The lowest BCUT2D eigenvalue weighted by Gasteiger charge is -2.20. The van der Waals surface area contributed by atoms with Gasteiger partial charge in [-0.2, -0.15) is 11.8 Å². The second-order valence-corrected chi connectivity index (χ2v) is 6.71. The van der Waals surface area contributed by atoms with Gasteiger partial charge in [0.2, 0.25) is 0 Å². The molecule has 112 valence electrons. The van der Waals surface area contributed by atoms with E-state index in [9.17, 15) is 0 Å². The van der Waals surface area contributed by atoms with Crippen LogP contribution in [-0.2, 0) is 6.42 Å². The summed E-state index contributed by atoms with van der Waals surface area (Å²) in [4.78, 5) is 8.77. The minimum Gasteiger partial charge on any atom is -0.357 e. The molecule has 0 saturated heterocycles. The van der Waals surface area contributed by atoms with Crippen molar-refractivity contribution in [3.8, 4) is 0 Å². The summed E-state index contributed by atoms with van der Waals surface area (Å²) in [6.45, 7) is 9.03. The number of aromatic nitrogens is 1. The van der Waals surface area contributed by atoms with Gasteiger partial charge in [-0.25, -0.2) is 0 Å². The zero-order valence-electron chi connectivity index (χ0n) is 12.9. The van der Waals surface area contributed by atoms with Crippen molar-refractivity contribution in [2.75, 3.05) is 25.9 Å². The molecule has 1 rings (SSSR count). The highest BCUT2D eigenvalue weighted by atomic mass is 32.2. The molecule has 0 fully saturated rings. The highest BCUT2D eigenvalue weighted by Crippen LogP contribution is 2.20.